The van der Waals surface area contributed by atoms with Gasteiger partial charge in [0.2, 0.25) is 10.0 Å². The molecule has 2 aromatic carbocycles. The molecule has 2 amide bonds. The summed E-state index contributed by atoms with van der Waals surface area (Å²) in [6.07, 6.45) is 1.89. The van der Waals surface area contributed by atoms with Gasteiger partial charge in [-0.05, 0) is 55.5 Å². The van der Waals surface area contributed by atoms with E-state index in [1.54, 1.807) is 54.3 Å². The lowest BCUT2D eigenvalue weighted by Crippen LogP contribution is -2.51. The lowest BCUT2D eigenvalue weighted by Gasteiger charge is -2.34. The first-order chi connectivity index (χ1) is 15.8. The number of aryl methyl sites for hydroxylation is 1. The highest BCUT2D eigenvalue weighted by Crippen LogP contribution is 2.23. The number of esters is 1. The van der Waals surface area contributed by atoms with Gasteiger partial charge >= 0.3 is 12.0 Å². The molecule has 1 aliphatic heterocycles. The molecule has 0 saturated carbocycles. The third-order valence-corrected chi connectivity index (χ3v) is 7.56. The predicted octanol–water partition coefficient (Wildman–Crippen LogP) is 2.89. The molecular formula is C23H26N4O5S. The molecule has 10 heteroatoms. The minimum atomic E-state index is -3.65. The lowest BCUT2D eigenvalue weighted by atomic mass is 10.2. The Balaban J connectivity index is 1.36. The van der Waals surface area contributed by atoms with Gasteiger partial charge in [0.15, 0.2) is 0 Å². The zero-order chi connectivity index (χ0) is 23.6. The Labute approximate surface area is 192 Å². The number of hydrogen-bond acceptors (Lipinski definition) is 5. The molecule has 9 nitrogen and oxygen atoms in total. The number of anilines is 1. The summed E-state index contributed by atoms with van der Waals surface area (Å²) in [5.74, 6) is -0.417. The van der Waals surface area contributed by atoms with Gasteiger partial charge in [-0.3, -0.25) is 0 Å². The Kier molecular flexibility index (Phi) is 6.39. The quantitative estimate of drug-likeness (QED) is 0.578. The number of fused-ring (bicyclic) bond motifs is 1. The van der Waals surface area contributed by atoms with Gasteiger partial charge in [0.1, 0.15) is 0 Å². The maximum atomic E-state index is 13.1. The lowest BCUT2D eigenvalue weighted by molar-refractivity contribution is 0.0526. The summed E-state index contributed by atoms with van der Waals surface area (Å²) in [5.41, 5.74) is 1.91. The van der Waals surface area contributed by atoms with E-state index >= 15 is 0 Å². The monoisotopic (exact) mass is 470 g/mol. The number of piperazine rings is 1. The highest BCUT2D eigenvalue weighted by Gasteiger charge is 2.30. The van der Waals surface area contributed by atoms with Crippen LogP contribution in [0.2, 0.25) is 0 Å². The van der Waals surface area contributed by atoms with Crippen LogP contribution in [-0.2, 0) is 21.8 Å². The second-order valence-electron chi connectivity index (χ2n) is 7.77. The van der Waals surface area contributed by atoms with Crippen molar-refractivity contribution in [1.82, 2.24) is 13.8 Å². The molecule has 3 aromatic rings. The molecule has 174 valence electrons. The van der Waals surface area contributed by atoms with E-state index in [9.17, 15) is 18.0 Å². The van der Waals surface area contributed by atoms with E-state index in [1.165, 1.54) is 4.31 Å². The van der Waals surface area contributed by atoms with Crippen LogP contribution in [0.25, 0.3) is 10.9 Å². The first-order valence-electron chi connectivity index (χ1n) is 10.7. The maximum Gasteiger partial charge on any atom is 0.338 e. The average Bonchev–Trinajstić information content (AvgIpc) is 3.20. The number of nitrogens with zero attached hydrogens (tertiary/aromatic N) is 3. The highest BCUT2D eigenvalue weighted by molar-refractivity contribution is 7.89. The van der Waals surface area contributed by atoms with Crippen LogP contribution in [0.4, 0.5) is 10.5 Å². The number of carbonyl (C=O) groups excluding carboxylic acids is 2. The van der Waals surface area contributed by atoms with E-state index in [0.717, 1.165) is 10.9 Å². The topological polar surface area (TPSA) is 101 Å². The summed E-state index contributed by atoms with van der Waals surface area (Å²) in [6.45, 7) is 3.01. The second kappa shape index (κ2) is 9.24. The highest BCUT2D eigenvalue weighted by atomic mass is 32.2. The smallest absolute Gasteiger partial charge is 0.338 e. The first kappa shape index (κ1) is 22.8. The van der Waals surface area contributed by atoms with Gasteiger partial charge in [0, 0.05) is 56.0 Å². The second-order valence-corrected chi connectivity index (χ2v) is 9.70. The van der Waals surface area contributed by atoms with E-state index in [4.69, 9.17) is 4.74 Å². The van der Waals surface area contributed by atoms with E-state index in [0.29, 0.717) is 17.9 Å². The van der Waals surface area contributed by atoms with Gasteiger partial charge in [-0.15, -0.1) is 0 Å². The predicted molar refractivity (Wildman–Crippen MR) is 125 cm³/mol. The van der Waals surface area contributed by atoms with Gasteiger partial charge in [-0.25, -0.2) is 18.0 Å². The van der Waals surface area contributed by atoms with Crippen LogP contribution in [0.3, 0.4) is 0 Å². The molecule has 0 aliphatic carbocycles. The maximum absolute atomic E-state index is 13.1. The number of hydrogen-bond donors (Lipinski definition) is 1. The van der Waals surface area contributed by atoms with E-state index in [-0.39, 0.29) is 37.1 Å². The fourth-order valence-electron chi connectivity index (χ4n) is 3.81. The van der Waals surface area contributed by atoms with E-state index in [2.05, 4.69) is 5.32 Å². The van der Waals surface area contributed by atoms with Crippen LogP contribution in [0.15, 0.2) is 59.6 Å². The number of rotatable bonds is 5. The largest absolute Gasteiger partial charge is 0.462 e. The number of amides is 2. The number of nitrogens with one attached hydrogen (secondary N) is 1. The van der Waals surface area contributed by atoms with Gasteiger partial charge in [-0.1, -0.05) is 0 Å². The molecule has 0 unspecified atom stereocenters. The summed E-state index contributed by atoms with van der Waals surface area (Å²) in [7, 11) is -1.74. The molecule has 0 radical (unpaired) electrons. The van der Waals surface area contributed by atoms with Crippen LogP contribution >= 0.6 is 0 Å². The summed E-state index contributed by atoms with van der Waals surface area (Å²) < 4.78 is 34.5. The molecule has 0 spiro atoms. The Morgan fingerprint density at radius 2 is 1.70 bits per heavy atom. The molecule has 33 heavy (non-hydrogen) atoms. The zero-order valence-corrected chi connectivity index (χ0v) is 19.3. The van der Waals surface area contributed by atoms with Crippen molar-refractivity contribution in [2.24, 2.45) is 7.05 Å². The van der Waals surface area contributed by atoms with Crippen LogP contribution in [0, 0.1) is 0 Å². The normalized spacial score (nSPS) is 14.9. The minimum absolute atomic E-state index is 0.213. The van der Waals surface area contributed by atoms with Crippen molar-refractivity contribution < 1.29 is 22.7 Å². The van der Waals surface area contributed by atoms with Crippen molar-refractivity contribution in [1.29, 1.82) is 0 Å². The third kappa shape index (κ3) is 4.71. The van der Waals surface area contributed by atoms with Crippen LogP contribution < -0.4 is 5.32 Å². The van der Waals surface area contributed by atoms with Crippen molar-refractivity contribution in [3.05, 3.63) is 60.3 Å². The van der Waals surface area contributed by atoms with Crippen molar-refractivity contribution in [3.8, 4) is 0 Å². The molecule has 1 fully saturated rings. The van der Waals surface area contributed by atoms with Gasteiger partial charge < -0.3 is 19.5 Å². The fourth-order valence-corrected chi connectivity index (χ4v) is 5.27. The number of sulfonamides is 1. The summed E-state index contributed by atoms with van der Waals surface area (Å²) in [6, 6.07) is 13.1. The molecule has 1 N–H and O–H groups in total. The standard InChI is InChI=1S/C23H26N4O5S/c1-3-32-22(28)17-4-6-19(7-5-17)24-23(29)26-12-14-27(15-13-26)33(30,31)20-8-9-21-18(16-20)10-11-25(21)2/h4-11,16H,3,12-15H2,1-2H3,(H,24,29). The Bertz CT molecular complexity index is 1280. The van der Waals surface area contributed by atoms with Crippen LogP contribution in [0.1, 0.15) is 17.3 Å². The van der Waals surface area contributed by atoms with Crippen LogP contribution in [0.5, 0.6) is 0 Å². The minimum Gasteiger partial charge on any atom is -0.462 e. The van der Waals surface area contributed by atoms with Gasteiger partial charge in [0.05, 0.1) is 17.1 Å². The van der Waals surface area contributed by atoms with Crippen molar-refractivity contribution in [2.45, 2.75) is 11.8 Å². The number of ether oxygens (including phenoxy) is 1. The summed E-state index contributed by atoms with van der Waals surface area (Å²) >= 11 is 0. The molecule has 1 aromatic heterocycles. The Morgan fingerprint density at radius 3 is 2.36 bits per heavy atom. The van der Waals surface area contributed by atoms with Gasteiger partial charge in [-0.2, -0.15) is 4.31 Å². The molecule has 1 aliphatic rings. The SMILES string of the molecule is CCOC(=O)c1ccc(NC(=O)N2CCN(S(=O)(=O)c3ccc4c(ccn4C)c3)CC2)cc1. The van der Waals surface area contributed by atoms with Crippen molar-refractivity contribution >= 4 is 38.6 Å². The first-order valence-corrected chi connectivity index (χ1v) is 12.1. The van der Waals surface area contributed by atoms with Crippen LogP contribution in [-0.4, -0.2) is 67.0 Å². The molecule has 0 bridgehead atoms. The molecule has 0 atom stereocenters. The van der Waals surface area contributed by atoms with E-state index in [1.807, 2.05) is 23.9 Å². The number of urea groups is 1. The Hall–Kier alpha value is -3.37. The van der Waals surface area contributed by atoms with E-state index < -0.39 is 16.0 Å². The number of aromatic nitrogens is 1. The number of carbonyl (C=O) groups is 2. The number of benzene rings is 2. The Morgan fingerprint density at radius 1 is 1.00 bits per heavy atom. The molecule has 4 rings (SSSR count). The molecular weight excluding hydrogens is 444 g/mol. The summed E-state index contributed by atoms with van der Waals surface area (Å²) in [5, 5.41) is 3.65. The third-order valence-electron chi connectivity index (χ3n) is 5.67. The summed E-state index contributed by atoms with van der Waals surface area (Å²) in [4.78, 5) is 26.2. The van der Waals surface area contributed by atoms with Gasteiger partial charge in [0.25, 0.3) is 0 Å². The van der Waals surface area contributed by atoms with Crippen molar-refractivity contribution in [2.75, 3.05) is 38.1 Å². The molecule has 1 saturated heterocycles. The average molecular weight is 471 g/mol. The zero-order valence-electron chi connectivity index (χ0n) is 18.5. The fraction of sp³-hybridized carbons (Fsp3) is 0.304. The molecule has 2 heterocycles. The van der Waals surface area contributed by atoms with Crippen molar-refractivity contribution in [3.63, 3.8) is 0 Å².